The van der Waals surface area contributed by atoms with Crippen LogP contribution in [0.1, 0.15) is 36.5 Å². The topological polar surface area (TPSA) is 74.2 Å². The fourth-order valence-electron chi connectivity index (χ4n) is 3.67. The minimum absolute atomic E-state index is 0.212. The zero-order valence-electron chi connectivity index (χ0n) is 16.1. The number of halogens is 1. The van der Waals surface area contributed by atoms with E-state index in [0.717, 1.165) is 5.56 Å². The molecule has 152 valence electrons. The highest BCUT2D eigenvalue weighted by molar-refractivity contribution is 6.39. The van der Waals surface area contributed by atoms with Crippen molar-refractivity contribution >= 4 is 17.3 Å². The summed E-state index contributed by atoms with van der Waals surface area (Å²) in [5, 5.41) is 16.3. The molecule has 4 rings (SSSR count). The molecule has 2 N–H and O–H groups in total. The van der Waals surface area contributed by atoms with E-state index in [0.29, 0.717) is 49.3 Å². The van der Waals surface area contributed by atoms with Gasteiger partial charge in [-0.1, -0.05) is 41.6 Å². The van der Waals surface area contributed by atoms with Crippen molar-refractivity contribution in [3.05, 3.63) is 65.5 Å². The van der Waals surface area contributed by atoms with E-state index in [1.54, 1.807) is 6.07 Å². The molecular formula is C22H24FN3O3. The summed E-state index contributed by atoms with van der Waals surface area (Å²) >= 11 is 0. The summed E-state index contributed by atoms with van der Waals surface area (Å²) in [4.78, 5) is 19.7. The number of hydrogen-bond donors (Lipinski definition) is 2. The quantitative estimate of drug-likeness (QED) is 0.814. The largest absolute Gasteiger partial charge is 0.393 e. The van der Waals surface area contributed by atoms with Gasteiger partial charge in [-0.05, 0) is 36.1 Å². The minimum atomic E-state index is -0.321. The Labute approximate surface area is 169 Å². The first kappa shape index (κ1) is 19.4. The van der Waals surface area contributed by atoms with E-state index < -0.39 is 0 Å². The van der Waals surface area contributed by atoms with Gasteiger partial charge in [-0.3, -0.25) is 4.79 Å². The Morgan fingerprint density at radius 1 is 1.21 bits per heavy atom. The monoisotopic (exact) mass is 397 g/mol. The maximum atomic E-state index is 14.5. The van der Waals surface area contributed by atoms with Gasteiger partial charge in [0.05, 0.1) is 11.8 Å². The van der Waals surface area contributed by atoms with Crippen LogP contribution < -0.4 is 10.2 Å². The number of nitrogens with one attached hydrogen (secondary N) is 1. The molecule has 2 aliphatic rings. The van der Waals surface area contributed by atoms with Crippen LogP contribution in [0.5, 0.6) is 0 Å². The Balaban J connectivity index is 1.31. The van der Waals surface area contributed by atoms with Crippen LogP contribution in [0.25, 0.3) is 0 Å². The zero-order valence-corrected chi connectivity index (χ0v) is 16.1. The van der Waals surface area contributed by atoms with E-state index >= 15 is 0 Å². The standard InChI is InChI=1S/C22H24FN3O3/c23-18-12-15(6-7-20(18)26-10-8-17(27)9-11-26)14-24-22(28)19-13-21(29-25-19)16-4-2-1-3-5-16/h1-7,12,17,21,27H,8-11,13-14H2,(H,24,28)/t21-/m0/s1. The zero-order chi connectivity index (χ0) is 20.2. The average molecular weight is 397 g/mol. The number of aliphatic hydroxyl groups is 1. The Kier molecular flexibility index (Phi) is 5.76. The molecule has 0 saturated carbocycles. The molecule has 0 aromatic heterocycles. The summed E-state index contributed by atoms with van der Waals surface area (Å²) in [6, 6.07) is 14.6. The van der Waals surface area contributed by atoms with Gasteiger partial charge in [0.1, 0.15) is 11.5 Å². The number of carbonyl (C=O) groups excluding carboxylic acids is 1. The first-order chi connectivity index (χ1) is 14.1. The number of carbonyl (C=O) groups is 1. The van der Waals surface area contributed by atoms with Crippen molar-refractivity contribution in [2.45, 2.75) is 38.0 Å². The highest BCUT2D eigenvalue weighted by Gasteiger charge is 2.27. The van der Waals surface area contributed by atoms with Gasteiger partial charge < -0.3 is 20.2 Å². The lowest BCUT2D eigenvalue weighted by Crippen LogP contribution is -2.36. The van der Waals surface area contributed by atoms with Crippen molar-refractivity contribution in [3.63, 3.8) is 0 Å². The van der Waals surface area contributed by atoms with Gasteiger partial charge in [0, 0.05) is 26.1 Å². The molecule has 2 aliphatic heterocycles. The fourth-order valence-corrected chi connectivity index (χ4v) is 3.67. The smallest absolute Gasteiger partial charge is 0.269 e. The predicted molar refractivity (Wildman–Crippen MR) is 108 cm³/mol. The van der Waals surface area contributed by atoms with E-state index in [1.807, 2.05) is 41.3 Å². The summed E-state index contributed by atoms with van der Waals surface area (Å²) in [5.74, 6) is -0.628. The van der Waals surface area contributed by atoms with Crippen molar-refractivity contribution in [1.29, 1.82) is 0 Å². The molecule has 1 fully saturated rings. The first-order valence-corrected chi connectivity index (χ1v) is 9.87. The second kappa shape index (κ2) is 8.61. The number of aliphatic hydroxyl groups excluding tert-OH is 1. The Morgan fingerprint density at radius 3 is 2.69 bits per heavy atom. The molecule has 2 aromatic carbocycles. The van der Waals surface area contributed by atoms with Crippen LogP contribution in [0.15, 0.2) is 53.7 Å². The summed E-state index contributed by atoms with van der Waals surface area (Å²) < 4.78 is 14.5. The van der Waals surface area contributed by atoms with Gasteiger partial charge in [0.25, 0.3) is 5.91 Å². The van der Waals surface area contributed by atoms with E-state index in [-0.39, 0.29) is 30.5 Å². The van der Waals surface area contributed by atoms with Crippen LogP contribution in [-0.2, 0) is 16.2 Å². The molecule has 0 radical (unpaired) electrons. The van der Waals surface area contributed by atoms with Crippen molar-refractivity contribution in [2.24, 2.45) is 5.16 Å². The van der Waals surface area contributed by atoms with E-state index in [9.17, 15) is 14.3 Å². The molecule has 0 bridgehead atoms. The van der Waals surface area contributed by atoms with Gasteiger partial charge in [0.2, 0.25) is 0 Å². The second-order valence-corrected chi connectivity index (χ2v) is 7.43. The molecule has 1 amide bonds. The Morgan fingerprint density at radius 2 is 1.97 bits per heavy atom. The lowest BCUT2D eigenvalue weighted by molar-refractivity contribution is -0.115. The summed E-state index contributed by atoms with van der Waals surface area (Å²) in [7, 11) is 0. The fraction of sp³-hybridized carbons (Fsp3) is 0.364. The van der Waals surface area contributed by atoms with Gasteiger partial charge in [-0.2, -0.15) is 0 Å². The second-order valence-electron chi connectivity index (χ2n) is 7.43. The van der Waals surface area contributed by atoms with E-state index in [2.05, 4.69) is 10.5 Å². The van der Waals surface area contributed by atoms with E-state index in [1.165, 1.54) is 6.07 Å². The van der Waals surface area contributed by atoms with Crippen LogP contribution in [-0.4, -0.2) is 35.9 Å². The van der Waals surface area contributed by atoms with E-state index in [4.69, 9.17) is 4.84 Å². The van der Waals surface area contributed by atoms with Crippen LogP contribution in [0.3, 0.4) is 0 Å². The molecule has 29 heavy (non-hydrogen) atoms. The number of oxime groups is 1. The third kappa shape index (κ3) is 4.56. The van der Waals surface area contributed by atoms with Gasteiger partial charge in [-0.15, -0.1) is 0 Å². The molecule has 2 heterocycles. The minimum Gasteiger partial charge on any atom is -0.393 e. The summed E-state index contributed by atoms with van der Waals surface area (Å²) in [6.45, 7) is 1.48. The number of nitrogens with zero attached hydrogens (tertiary/aromatic N) is 2. The summed E-state index contributed by atoms with van der Waals surface area (Å²) in [6.07, 6.45) is 1.14. The predicted octanol–water partition coefficient (Wildman–Crippen LogP) is 2.92. The van der Waals surface area contributed by atoms with Crippen molar-refractivity contribution < 1.29 is 19.1 Å². The van der Waals surface area contributed by atoms with Crippen molar-refractivity contribution in [3.8, 4) is 0 Å². The molecule has 1 atom stereocenters. The molecule has 7 heteroatoms. The molecular weight excluding hydrogens is 373 g/mol. The molecule has 2 aromatic rings. The summed E-state index contributed by atoms with van der Waals surface area (Å²) in [5.41, 5.74) is 2.52. The number of amides is 1. The molecule has 0 unspecified atom stereocenters. The number of benzene rings is 2. The molecule has 0 aliphatic carbocycles. The first-order valence-electron chi connectivity index (χ1n) is 9.87. The highest BCUT2D eigenvalue weighted by Crippen LogP contribution is 2.27. The Bertz CT molecular complexity index is 895. The molecule has 1 saturated heterocycles. The molecule has 6 nitrogen and oxygen atoms in total. The molecule has 0 spiro atoms. The maximum Gasteiger partial charge on any atom is 0.269 e. The van der Waals surface area contributed by atoms with Gasteiger partial charge in [-0.25, -0.2) is 4.39 Å². The number of piperidine rings is 1. The number of hydrogen-bond acceptors (Lipinski definition) is 5. The van der Waals surface area contributed by atoms with Crippen LogP contribution in [0, 0.1) is 5.82 Å². The number of rotatable bonds is 5. The van der Waals surface area contributed by atoms with Crippen molar-refractivity contribution in [2.75, 3.05) is 18.0 Å². The van der Waals surface area contributed by atoms with Gasteiger partial charge >= 0.3 is 0 Å². The van der Waals surface area contributed by atoms with Crippen LogP contribution >= 0.6 is 0 Å². The lowest BCUT2D eigenvalue weighted by Gasteiger charge is -2.31. The normalized spacial score (nSPS) is 19.6. The highest BCUT2D eigenvalue weighted by atomic mass is 19.1. The lowest BCUT2D eigenvalue weighted by atomic mass is 10.0. The third-order valence-corrected chi connectivity index (χ3v) is 5.37. The van der Waals surface area contributed by atoms with Crippen LogP contribution in [0.4, 0.5) is 10.1 Å². The third-order valence-electron chi connectivity index (χ3n) is 5.37. The SMILES string of the molecule is O=C(NCc1ccc(N2CCC(O)CC2)c(F)c1)C1=NO[C@H](c2ccccc2)C1. The Hall–Kier alpha value is -2.93. The average Bonchev–Trinajstić information content (AvgIpc) is 3.24. The van der Waals surface area contributed by atoms with Crippen molar-refractivity contribution in [1.82, 2.24) is 5.32 Å². The van der Waals surface area contributed by atoms with Crippen LogP contribution in [0.2, 0.25) is 0 Å². The van der Waals surface area contributed by atoms with Gasteiger partial charge in [0.15, 0.2) is 6.10 Å². The maximum absolute atomic E-state index is 14.5. The number of anilines is 1.